The number of hydrogen-bond acceptors (Lipinski definition) is 2. The fourth-order valence-corrected chi connectivity index (χ4v) is 3.83. The second-order valence-electron chi connectivity index (χ2n) is 7.32. The van der Waals surface area contributed by atoms with Crippen LogP contribution in [-0.4, -0.2) is 22.2 Å². The van der Waals surface area contributed by atoms with Crippen molar-refractivity contribution in [3.8, 4) is 0 Å². The van der Waals surface area contributed by atoms with E-state index in [0.29, 0.717) is 12.8 Å². The highest BCUT2D eigenvalue weighted by molar-refractivity contribution is 5.66. The van der Waals surface area contributed by atoms with Crippen LogP contribution in [0.2, 0.25) is 0 Å². The van der Waals surface area contributed by atoms with Crippen molar-refractivity contribution < 1.29 is 19.8 Å². The molecule has 0 bridgehead atoms. The van der Waals surface area contributed by atoms with Gasteiger partial charge >= 0.3 is 11.9 Å². The average Bonchev–Trinajstić information content (AvgIpc) is 2.63. The third-order valence-corrected chi connectivity index (χ3v) is 5.04. The fraction of sp³-hybridized carbons (Fsp3) is 0.391. The summed E-state index contributed by atoms with van der Waals surface area (Å²) in [6.45, 7) is 0. The van der Waals surface area contributed by atoms with Crippen molar-refractivity contribution in [2.45, 2.75) is 51.4 Å². The topological polar surface area (TPSA) is 74.6 Å². The summed E-state index contributed by atoms with van der Waals surface area (Å²) in [4.78, 5) is 22.1. The van der Waals surface area contributed by atoms with Gasteiger partial charge in [0.15, 0.2) is 0 Å². The van der Waals surface area contributed by atoms with Crippen LogP contribution >= 0.6 is 0 Å². The number of carboxylic acids is 2. The highest BCUT2D eigenvalue weighted by Gasteiger charge is 2.30. The lowest BCUT2D eigenvalue weighted by molar-refractivity contribution is -0.138. The van der Waals surface area contributed by atoms with Crippen LogP contribution in [0, 0.1) is 5.41 Å². The third kappa shape index (κ3) is 7.65. The minimum absolute atomic E-state index is 0.143. The van der Waals surface area contributed by atoms with Crippen molar-refractivity contribution in [2.75, 3.05) is 0 Å². The summed E-state index contributed by atoms with van der Waals surface area (Å²) in [7, 11) is 0. The van der Waals surface area contributed by atoms with Crippen LogP contribution in [0.4, 0.5) is 0 Å². The first-order valence-corrected chi connectivity index (χ1v) is 9.51. The molecule has 0 heterocycles. The number of hydrogen-bond donors (Lipinski definition) is 2. The van der Waals surface area contributed by atoms with E-state index in [0.717, 1.165) is 25.7 Å². The number of carboxylic acid groups (broad SMARTS) is 2. The summed E-state index contributed by atoms with van der Waals surface area (Å²) < 4.78 is 0. The average molecular weight is 368 g/mol. The molecule has 0 aliphatic rings. The second kappa shape index (κ2) is 10.5. The van der Waals surface area contributed by atoms with E-state index in [2.05, 4.69) is 24.3 Å². The van der Waals surface area contributed by atoms with Crippen LogP contribution in [0.1, 0.15) is 49.7 Å². The number of carbonyl (C=O) groups is 2. The lowest BCUT2D eigenvalue weighted by Crippen LogP contribution is -2.27. The summed E-state index contributed by atoms with van der Waals surface area (Å²) in [5.41, 5.74) is 2.27. The third-order valence-electron chi connectivity index (χ3n) is 5.04. The fourth-order valence-electron chi connectivity index (χ4n) is 3.83. The highest BCUT2D eigenvalue weighted by atomic mass is 16.4. The van der Waals surface area contributed by atoms with Crippen LogP contribution in [-0.2, 0) is 22.4 Å². The molecule has 0 fully saturated rings. The smallest absolute Gasteiger partial charge is 0.303 e. The van der Waals surface area contributed by atoms with Gasteiger partial charge in [0, 0.05) is 12.8 Å². The van der Waals surface area contributed by atoms with E-state index < -0.39 is 11.9 Å². The monoisotopic (exact) mass is 368 g/mol. The first-order chi connectivity index (χ1) is 13.0. The molecule has 2 N–H and O–H groups in total. The molecular weight excluding hydrogens is 340 g/mol. The molecule has 144 valence electrons. The summed E-state index contributed by atoms with van der Waals surface area (Å²) in [5, 5.41) is 18.1. The van der Waals surface area contributed by atoms with Crippen molar-refractivity contribution in [2.24, 2.45) is 5.41 Å². The van der Waals surface area contributed by atoms with Gasteiger partial charge in [0.05, 0.1) is 0 Å². The largest absolute Gasteiger partial charge is 0.481 e. The van der Waals surface area contributed by atoms with Gasteiger partial charge in [-0.2, -0.15) is 0 Å². The van der Waals surface area contributed by atoms with Crippen LogP contribution in [0.3, 0.4) is 0 Å². The standard InChI is InChI=1S/C23H28O4/c24-21(25)13-7-15-23(16-8-14-22(26)27,17-19-9-3-1-4-10-19)18-20-11-5-2-6-12-20/h1-6,9-12H,7-8,13-18H2,(H,24,25)(H,26,27). The zero-order valence-corrected chi connectivity index (χ0v) is 15.6. The maximum atomic E-state index is 11.0. The molecule has 0 radical (unpaired) electrons. The maximum Gasteiger partial charge on any atom is 0.303 e. The summed E-state index contributed by atoms with van der Waals surface area (Å²) in [6, 6.07) is 20.4. The number of benzene rings is 2. The highest BCUT2D eigenvalue weighted by Crippen LogP contribution is 2.38. The zero-order valence-electron chi connectivity index (χ0n) is 15.6. The molecular formula is C23H28O4. The number of aliphatic carboxylic acids is 2. The Morgan fingerprint density at radius 2 is 1.04 bits per heavy atom. The molecule has 2 aromatic rings. The summed E-state index contributed by atoms with van der Waals surface area (Å²) in [5.74, 6) is -1.57. The Kier molecular flexibility index (Phi) is 8.05. The van der Waals surface area contributed by atoms with Gasteiger partial charge in [0.1, 0.15) is 0 Å². The van der Waals surface area contributed by atoms with E-state index >= 15 is 0 Å². The van der Waals surface area contributed by atoms with E-state index in [9.17, 15) is 9.59 Å². The van der Waals surface area contributed by atoms with Gasteiger partial charge in [-0.05, 0) is 55.1 Å². The Balaban J connectivity index is 2.25. The Hall–Kier alpha value is -2.62. The van der Waals surface area contributed by atoms with Crippen molar-refractivity contribution in [1.29, 1.82) is 0 Å². The zero-order chi connectivity index (χ0) is 19.5. The van der Waals surface area contributed by atoms with Gasteiger partial charge in [-0.1, -0.05) is 60.7 Å². The predicted octanol–water partition coefficient (Wildman–Crippen LogP) is 4.97. The minimum atomic E-state index is -0.783. The van der Waals surface area contributed by atoms with Crippen LogP contribution in [0.15, 0.2) is 60.7 Å². The van der Waals surface area contributed by atoms with E-state index in [1.807, 2.05) is 36.4 Å². The molecule has 0 saturated carbocycles. The van der Waals surface area contributed by atoms with Crippen LogP contribution < -0.4 is 0 Å². The van der Waals surface area contributed by atoms with E-state index in [1.165, 1.54) is 11.1 Å². The molecule has 27 heavy (non-hydrogen) atoms. The summed E-state index contributed by atoms with van der Waals surface area (Å²) in [6.07, 6.45) is 4.66. The van der Waals surface area contributed by atoms with Gasteiger partial charge < -0.3 is 10.2 Å². The van der Waals surface area contributed by atoms with Gasteiger partial charge in [0.25, 0.3) is 0 Å². The first kappa shape index (κ1) is 20.7. The van der Waals surface area contributed by atoms with Gasteiger partial charge in [-0.25, -0.2) is 0 Å². The predicted molar refractivity (Wildman–Crippen MR) is 106 cm³/mol. The summed E-state index contributed by atoms with van der Waals surface area (Å²) >= 11 is 0. The minimum Gasteiger partial charge on any atom is -0.481 e. The molecule has 2 aromatic carbocycles. The Morgan fingerprint density at radius 1 is 0.667 bits per heavy atom. The molecule has 0 unspecified atom stereocenters. The van der Waals surface area contributed by atoms with E-state index in [1.54, 1.807) is 0 Å². The quantitative estimate of drug-likeness (QED) is 0.555. The van der Waals surface area contributed by atoms with Crippen molar-refractivity contribution in [1.82, 2.24) is 0 Å². The SMILES string of the molecule is O=C(O)CCCC(CCCC(=O)O)(Cc1ccccc1)Cc1ccccc1. The Bertz CT molecular complexity index is 646. The van der Waals surface area contributed by atoms with Gasteiger partial charge in [-0.3, -0.25) is 9.59 Å². The lowest BCUT2D eigenvalue weighted by atomic mass is 9.70. The molecule has 4 nitrogen and oxygen atoms in total. The number of rotatable bonds is 12. The van der Waals surface area contributed by atoms with Crippen molar-refractivity contribution >= 4 is 11.9 Å². The molecule has 0 amide bonds. The first-order valence-electron chi connectivity index (χ1n) is 9.51. The molecule has 0 atom stereocenters. The van der Waals surface area contributed by atoms with Crippen LogP contribution in [0.25, 0.3) is 0 Å². The van der Waals surface area contributed by atoms with E-state index in [-0.39, 0.29) is 18.3 Å². The Morgan fingerprint density at radius 3 is 1.37 bits per heavy atom. The van der Waals surface area contributed by atoms with Crippen molar-refractivity contribution in [3.63, 3.8) is 0 Å². The molecule has 4 heteroatoms. The van der Waals surface area contributed by atoms with Crippen molar-refractivity contribution in [3.05, 3.63) is 71.8 Å². The van der Waals surface area contributed by atoms with E-state index in [4.69, 9.17) is 10.2 Å². The molecule has 0 aliphatic heterocycles. The maximum absolute atomic E-state index is 11.0. The van der Waals surface area contributed by atoms with Gasteiger partial charge in [-0.15, -0.1) is 0 Å². The molecule has 0 spiro atoms. The molecule has 0 saturated heterocycles. The van der Waals surface area contributed by atoms with Gasteiger partial charge in [0.2, 0.25) is 0 Å². The molecule has 0 aromatic heterocycles. The normalized spacial score (nSPS) is 11.3. The molecule has 2 rings (SSSR count). The Labute approximate surface area is 160 Å². The second-order valence-corrected chi connectivity index (χ2v) is 7.32. The lowest BCUT2D eigenvalue weighted by Gasteiger charge is -2.35. The van der Waals surface area contributed by atoms with Crippen LogP contribution in [0.5, 0.6) is 0 Å². The molecule has 0 aliphatic carbocycles.